The molecule has 0 saturated carbocycles. The van der Waals surface area contributed by atoms with Gasteiger partial charge in [0.1, 0.15) is 5.54 Å². The zero-order chi connectivity index (χ0) is 10.6. The van der Waals surface area contributed by atoms with E-state index in [2.05, 4.69) is 5.32 Å². The number of carbonyl (C=O) groups is 1. The average molecular weight is 201 g/mol. The minimum atomic E-state index is -0.814. The number of hydrogen-bond acceptors (Lipinski definition) is 3. The van der Waals surface area contributed by atoms with Crippen LogP contribution in [-0.2, 0) is 9.53 Å². The first kappa shape index (κ1) is 11.5. The quantitative estimate of drug-likeness (QED) is 0.697. The third kappa shape index (κ3) is 2.69. The summed E-state index contributed by atoms with van der Waals surface area (Å²) in [4.78, 5) is 11.0. The Kier molecular flexibility index (Phi) is 3.89. The Balaban J connectivity index is 2.36. The molecule has 0 spiro atoms. The molecule has 2 unspecified atom stereocenters. The van der Waals surface area contributed by atoms with Gasteiger partial charge in [-0.05, 0) is 26.2 Å². The van der Waals surface area contributed by atoms with Crippen LogP contribution in [-0.4, -0.2) is 35.9 Å². The Hall–Kier alpha value is -0.610. The summed E-state index contributed by atoms with van der Waals surface area (Å²) in [5, 5.41) is 12.1. The van der Waals surface area contributed by atoms with E-state index in [9.17, 15) is 4.79 Å². The number of hydrogen-bond donors (Lipinski definition) is 2. The molecule has 1 rings (SSSR count). The first-order chi connectivity index (χ1) is 6.58. The minimum absolute atomic E-state index is 0.195. The lowest BCUT2D eigenvalue weighted by atomic mass is 9.99. The summed E-state index contributed by atoms with van der Waals surface area (Å²) in [7, 11) is 0. The Morgan fingerprint density at radius 2 is 2.43 bits per heavy atom. The molecule has 4 nitrogen and oxygen atoms in total. The van der Waals surface area contributed by atoms with Crippen molar-refractivity contribution in [2.45, 2.75) is 44.8 Å². The number of aliphatic carboxylic acids is 1. The third-order valence-electron chi connectivity index (χ3n) is 2.92. The summed E-state index contributed by atoms with van der Waals surface area (Å²) in [6, 6.07) is 0. The summed E-state index contributed by atoms with van der Waals surface area (Å²) in [6.07, 6.45) is 2.89. The Labute approximate surface area is 84.6 Å². The maximum Gasteiger partial charge on any atom is 0.323 e. The van der Waals surface area contributed by atoms with Gasteiger partial charge in [-0.1, -0.05) is 6.92 Å². The van der Waals surface area contributed by atoms with Crippen LogP contribution in [0, 0.1) is 0 Å². The lowest BCUT2D eigenvalue weighted by Gasteiger charge is -2.26. The number of carboxylic acids is 1. The molecular formula is C10H19NO3. The molecule has 0 aromatic carbocycles. The van der Waals surface area contributed by atoms with Crippen LogP contribution in [0.3, 0.4) is 0 Å². The van der Waals surface area contributed by atoms with Gasteiger partial charge in [-0.15, -0.1) is 0 Å². The molecule has 0 radical (unpaired) electrons. The van der Waals surface area contributed by atoms with Gasteiger partial charge in [0.15, 0.2) is 0 Å². The van der Waals surface area contributed by atoms with Gasteiger partial charge in [0.25, 0.3) is 0 Å². The number of nitrogens with one attached hydrogen (secondary N) is 1. The van der Waals surface area contributed by atoms with Crippen molar-refractivity contribution in [3.8, 4) is 0 Å². The van der Waals surface area contributed by atoms with Gasteiger partial charge >= 0.3 is 5.97 Å². The van der Waals surface area contributed by atoms with Crippen LogP contribution >= 0.6 is 0 Å². The SMILES string of the molecule is CCC(C)(NCC1CCCO1)C(=O)O. The van der Waals surface area contributed by atoms with E-state index in [1.54, 1.807) is 6.92 Å². The van der Waals surface area contributed by atoms with E-state index >= 15 is 0 Å². The summed E-state index contributed by atoms with van der Waals surface area (Å²) >= 11 is 0. The summed E-state index contributed by atoms with van der Waals surface area (Å²) < 4.78 is 5.42. The topological polar surface area (TPSA) is 58.6 Å². The van der Waals surface area contributed by atoms with Crippen LogP contribution in [0.4, 0.5) is 0 Å². The van der Waals surface area contributed by atoms with E-state index in [1.807, 2.05) is 6.92 Å². The van der Waals surface area contributed by atoms with Gasteiger partial charge in [-0.2, -0.15) is 0 Å². The molecule has 2 N–H and O–H groups in total. The van der Waals surface area contributed by atoms with E-state index in [0.717, 1.165) is 19.4 Å². The lowest BCUT2D eigenvalue weighted by Crippen LogP contribution is -2.51. The van der Waals surface area contributed by atoms with E-state index < -0.39 is 11.5 Å². The second-order valence-electron chi connectivity index (χ2n) is 4.01. The van der Waals surface area contributed by atoms with E-state index in [0.29, 0.717) is 13.0 Å². The minimum Gasteiger partial charge on any atom is -0.480 e. The van der Waals surface area contributed by atoms with Crippen molar-refractivity contribution < 1.29 is 14.6 Å². The highest BCUT2D eigenvalue weighted by Crippen LogP contribution is 2.14. The van der Waals surface area contributed by atoms with Crippen molar-refractivity contribution in [3.63, 3.8) is 0 Å². The van der Waals surface area contributed by atoms with Crippen LogP contribution in [0.25, 0.3) is 0 Å². The molecule has 1 aliphatic heterocycles. The van der Waals surface area contributed by atoms with Crippen LogP contribution < -0.4 is 5.32 Å². The molecule has 2 atom stereocenters. The molecule has 0 aromatic heterocycles. The molecule has 14 heavy (non-hydrogen) atoms. The Morgan fingerprint density at radius 3 is 2.86 bits per heavy atom. The van der Waals surface area contributed by atoms with E-state index in [4.69, 9.17) is 9.84 Å². The first-order valence-corrected chi connectivity index (χ1v) is 5.18. The van der Waals surface area contributed by atoms with Gasteiger partial charge in [0.2, 0.25) is 0 Å². The summed E-state index contributed by atoms with van der Waals surface area (Å²) in [6.45, 7) is 5.03. The van der Waals surface area contributed by atoms with Crippen molar-refractivity contribution in [1.82, 2.24) is 5.32 Å². The first-order valence-electron chi connectivity index (χ1n) is 5.18. The van der Waals surface area contributed by atoms with Gasteiger partial charge < -0.3 is 9.84 Å². The standard InChI is InChI=1S/C10H19NO3/c1-3-10(2,9(12)13)11-7-8-5-4-6-14-8/h8,11H,3-7H2,1-2H3,(H,12,13). The molecule has 0 aromatic rings. The number of ether oxygens (including phenoxy) is 1. The molecule has 1 aliphatic rings. The lowest BCUT2D eigenvalue weighted by molar-refractivity contribution is -0.144. The smallest absolute Gasteiger partial charge is 0.323 e. The summed E-state index contributed by atoms with van der Waals surface area (Å²) in [5.74, 6) is -0.794. The molecule has 0 amide bonds. The van der Waals surface area contributed by atoms with E-state index in [-0.39, 0.29) is 6.10 Å². The van der Waals surface area contributed by atoms with E-state index in [1.165, 1.54) is 0 Å². The Morgan fingerprint density at radius 1 is 1.71 bits per heavy atom. The second-order valence-corrected chi connectivity index (χ2v) is 4.01. The molecular weight excluding hydrogens is 182 g/mol. The normalized spacial score (nSPS) is 26.0. The molecule has 1 heterocycles. The van der Waals surface area contributed by atoms with Gasteiger partial charge in [-0.3, -0.25) is 10.1 Å². The molecule has 0 aliphatic carbocycles. The van der Waals surface area contributed by atoms with Crippen molar-refractivity contribution in [2.75, 3.05) is 13.2 Å². The largest absolute Gasteiger partial charge is 0.480 e. The maximum absolute atomic E-state index is 11.0. The monoisotopic (exact) mass is 201 g/mol. The molecule has 4 heteroatoms. The van der Waals surface area contributed by atoms with Crippen LogP contribution in [0.1, 0.15) is 33.1 Å². The fourth-order valence-corrected chi connectivity index (χ4v) is 1.50. The predicted molar refractivity (Wildman–Crippen MR) is 53.3 cm³/mol. The summed E-state index contributed by atoms with van der Waals surface area (Å²) in [5.41, 5.74) is -0.814. The van der Waals surface area contributed by atoms with Crippen LogP contribution in [0.15, 0.2) is 0 Å². The van der Waals surface area contributed by atoms with Gasteiger partial charge in [-0.25, -0.2) is 0 Å². The average Bonchev–Trinajstić information content (AvgIpc) is 2.66. The van der Waals surface area contributed by atoms with Crippen molar-refractivity contribution >= 4 is 5.97 Å². The second kappa shape index (κ2) is 4.75. The molecule has 1 fully saturated rings. The highest BCUT2D eigenvalue weighted by atomic mass is 16.5. The Bertz CT molecular complexity index is 202. The zero-order valence-corrected chi connectivity index (χ0v) is 8.88. The zero-order valence-electron chi connectivity index (χ0n) is 8.88. The van der Waals surface area contributed by atoms with Crippen molar-refractivity contribution in [3.05, 3.63) is 0 Å². The van der Waals surface area contributed by atoms with Gasteiger partial charge in [0, 0.05) is 13.2 Å². The van der Waals surface area contributed by atoms with Gasteiger partial charge in [0.05, 0.1) is 6.10 Å². The molecule has 82 valence electrons. The molecule has 0 bridgehead atoms. The third-order valence-corrected chi connectivity index (χ3v) is 2.92. The predicted octanol–water partition coefficient (Wildman–Crippen LogP) is 1.01. The number of carboxylic acid groups (broad SMARTS) is 1. The van der Waals surface area contributed by atoms with Crippen molar-refractivity contribution in [1.29, 1.82) is 0 Å². The maximum atomic E-state index is 11.0. The highest BCUT2D eigenvalue weighted by Gasteiger charge is 2.31. The molecule has 1 saturated heterocycles. The van der Waals surface area contributed by atoms with Crippen molar-refractivity contribution in [2.24, 2.45) is 0 Å². The van der Waals surface area contributed by atoms with Crippen LogP contribution in [0.5, 0.6) is 0 Å². The van der Waals surface area contributed by atoms with Crippen LogP contribution in [0.2, 0.25) is 0 Å². The highest BCUT2D eigenvalue weighted by molar-refractivity contribution is 5.78. The number of rotatable bonds is 5. The fraction of sp³-hybridized carbons (Fsp3) is 0.900. The fourth-order valence-electron chi connectivity index (χ4n) is 1.50.